The van der Waals surface area contributed by atoms with Gasteiger partial charge in [0, 0.05) is 32.2 Å². The van der Waals surface area contributed by atoms with Gasteiger partial charge >= 0.3 is 0 Å². The fourth-order valence-corrected chi connectivity index (χ4v) is 2.10. The molecular formula is C16H26N2O. The molecule has 1 amide bonds. The molecule has 1 N–H and O–H groups in total. The summed E-state index contributed by atoms with van der Waals surface area (Å²) < 4.78 is 0. The zero-order chi connectivity index (χ0) is 14.3. The van der Waals surface area contributed by atoms with E-state index in [1.807, 2.05) is 11.9 Å². The van der Waals surface area contributed by atoms with Crippen LogP contribution in [-0.4, -0.2) is 30.9 Å². The number of nitrogens with one attached hydrogen (secondary N) is 1. The van der Waals surface area contributed by atoms with Gasteiger partial charge in [0.2, 0.25) is 5.91 Å². The number of unbranched alkanes of at least 4 members (excludes halogenated alkanes) is 1. The highest BCUT2D eigenvalue weighted by Crippen LogP contribution is 2.13. The van der Waals surface area contributed by atoms with Crippen molar-refractivity contribution in [1.82, 2.24) is 4.90 Å². The van der Waals surface area contributed by atoms with Gasteiger partial charge in [-0.15, -0.1) is 0 Å². The number of nitrogens with zero attached hydrogens (tertiary/aromatic N) is 1. The molecule has 1 aromatic rings. The summed E-state index contributed by atoms with van der Waals surface area (Å²) in [5.74, 6) is 0.213. The maximum Gasteiger partial charge on any atom is 0.224 e. The van der Waals surface area contributed by atoms with Crippen LogP contribution in [0.3, 0.4) is 0 Å². The third-order valence-electron chi connectivity index (χ3n) is 3.16. The van der Waals surface area contributed by atoms with Crippen LogP contribution in [0.15, 0.2) is 18.2 Å². The van der Waals surface area contributed by atoms with Gasteiger partial charge in [-0.1, -0.05) is 19.4 Å². The van der Waals surface area contributed by atoms with Gasteiger partial charge < -0.3 is 10.2 Å². The predicted molar refractivity (Wildman–Crippen MR) is 81.6 cm³/mol. The molecule has 0 atom stereocenters. The Morgan fingerprint density at radius 3 is 2.42 bits per heavy atom. The van der Waals surface area contributed by atoms with Crippen molar-refractivity contribution in [2.24, 2.45) is 0 Å². The Kier molecular flexibility index (Phi) is 6.40. The summed E-state index contributed by atoms with van der Waals surface area (Å²) in [5.41, 5.74) is 3.59. The first-order valence-corrected chi connectivity index (χ1v) is 7.09. The van der Waals surface area contributed by atoms with Crippen LogP contribution >= 0.6 is 0 Å². The molecule has 1 rings (SSSR count). The van der Waals surface area contributed by atoms with E-state index in [4.69, 9.17) is 0 Å². The fraction of sp³-hybridized carbons (Fsp3) is 0.562. The number of hydrogen-bond donors (Lipinski definition) is 1. The predicted octanol–water partition coefficient (Wildman–Crippen LogP) is 3.36. The van der Waals surface area contributed by atoms with Crippen molar-refractivity contribution in [2.75, 3.05) is 25.5 Å². The highest BCUT2D eigenvalue weighted by atomic mass is 16.2. The van der Waals surface area contributed by atoms with E-state index in [9.17, 15) is 4.79 Å². The van der Waals surface area contributed by atoms with Gasteiger partial charge in [-0.3, -0.25) is 4.79 Å². The van der Waals surface area contributed by atoms with Crippen LogP contribution in [-0.2, 0) is 4.79 Å². The Balaban J connectivity index is 2.35. The number of rotatable bonds is 7. The normalized spacial score (nSPS) is 10.3. The van der Waals surface area contributed by atoms with E-state index in [0.29, 0.717) is 13.0 Å². The minimum Gasteiger partial charge on any atom is -0.385 e. The SMILES string of the molecule is CCCCN(C)C(=O)CCNc1cc(C)cc(C)c1. The number of hydrogen-bond acceptors (Lipinski definition) is 2. The van der Waals surface area contributed by atoms with Crippen LogP contribution in [0.2, 0.25) is 0 Å². The molecule has 3 nitrogen and oxygen atoms in total. The van der Waals surface area contributed by atoms with Crippen LogP contribution in [0.5, 0.6) is 0 Å². The first-order valence-electron chi connectivity index (χ1n) is 7.09. The van der Waals surface area contributed by atoms with Gasteiger partial charge in [0.05, 0.1) is 0 Å². The summed E-state index contributed by atoms with van der Waals surface area (Å²) in [6, 6.07) is 6.37. The minimum atomic E-state index is 0.213. The van der Waals surface area contributed by atoms with E-state index < -0.39 is 0 Å². The number of carbonyl (C=O) groups excluding carboxylic acids is 1. The zero-order valence-electron chi connectivity index (χ0n) is 12.6. The third kappa shape index (κ3) is 5.77. The molecular weight excluding hydrogens is 236 g/mol. The monoisotopic (exact) mass is 262 g/mol. The van der Waals surface area contributed by atoms with Crippen molar-refractivity contribution in [3.05, 3.63) is 29.3 Å². The lowest BCUT2D eigenvalue weighted by Gasteiger charge is -2.17. The molecule has 1 aromatic carbocycles. The maximum absolute atomic E-state index is 11.9. The zero-order valence-corrected chi connectivity index (χ0v) is 12.6. The molecule has 19 heavy (non-hydrogen) atoms. The smallest absolute Gasteiger partial charge is 0.224 e. The average Bonchev–Trinajstić information content (AvgIpc) is 2.34. The Bertz CT molecular complexity index is 395. The molecule has 0 saturated carbocycles. The topological polar surface area (TPSA) is 32.3 Å². The third-order valence-corrected chi connectivity index (χ3v) is 3.16. The van der Waals surface area contributed by atoms with Crippen LogP contribution in [0.4, 0.5) is 5.69 Å². The Labute approximate surface area is 117 Å². The summed E-state index contributed by atoms with van der Waals surface area (Å²) in [6.07, 6.45) is 2.75. The maximum atomic E-state index is 11.9. The molecule has 0 aromatic heterocycles. The molecule has 0 aliphatic carbocycles. The van der Waals surface area contributed by atoms with E-state index in [1.54, 1.807) is 0 Å². The molecule has 106 valence electrons. The van der Waals surface area contributed by atoms with Crippen molar-refractivity contribution in [3.63, 3.8) is 0 Å². The van der Waals surface area contributed by atoms with E-state index in [-0.39, 0.29) is 5.91 Å². The summed E-state index contributed by atoms with van der Waals surface area (Å²) in [4.78, 5) is 13.7. The Morgan fingerprint density at radius 1 is 1.21 bits per heavy atom. The second kappa shape index (κ2) is 7.82. The van der Waals surface area contributed by atoms with Crippen LogP contribution < -0.4 is 5.32 Å². The first-order chi connectivity index (χ1) is 9.02. The van der Waals surface area contributed by atoms with Crippen LogP contribution in [0.25, 0.3) is 0 Å². The van der Waals surface area contributed by atoms with Crippen molar-refractivity contribution in [1.29, 1.82) is 0 Å². The molecule has 0 spiro atoms. The molecule has 0 saturated heterocycles. The van der Waals surface area contributed by atoms with Crippen molar-refractivity contribution < 1.29 is 4.79 Å². The molecule has 0 aliphatic heterocycles. The van der Waals surface area contributed by atoms with Gasteiger partial charge in [-0.05, 0) is 43.5 Å². The van der Waals surface area contributed by atoms with E-state index in [0.717, 1.165) is 25.1 Å². The molecule has 0 fully saturated rings. The lowest BCUT2D eigenvalue weighted by molar-refractivity contribution is -0.129. The second-order valence-electron chi connectivity index (χ2n) is 5.22. The van der Waals surface area contributed by atoms with Crippen LogP contribution in [0.1, 0.15) is 37.3 Å². The second-order valence-corrected chi connectivity index (χ2v) is 5.22. The number of anilines is 1. The summed E-state index contributed by atoms with van der Waals surface area (Å²) in [6.45, 7) is 7.86. The molecule has 0 heterocycles. The Hall–Kier alpha value is -1.51. The summed E-state index contributed by atoms with van der Waals surface area (Å²) >= 11 is 0. The first kappa shape index (κ1) is 15.5. The lowest BCUT2D eigenvalue weighted by atomic mass is 10.1. The standard InChI is InChI=1S/C16H26N2O/c1-5-6-9-18(4)16(19)7-8-17-15-11-13(2)10-14(3)12-15/h10-12,17H,5-9H2,1-4H3. The number of aryl methyl sites for hydroxylation is 2. The van der Waals surface area contributed by atoms with Crippen molar-refractivity contribution in [3.8, 4) is 0 Å². The van der Waals surface area contributed by atoms with Gasteiger partial charge in [0.1, 0.15) is 0 Å². The van der Waals surface area contributed by atoms with E-state index in [1.165, 1.54) is 11.1 Å². The Morgan fingerprint density at radius 2 is 1.84 bits per heavy atom. The molecule has 0 unspecified atom stereocenters. The molecule has 0 bridgehead atoms. The van der Waals surface area contributed by atoms with Crippen molar-refractivity contribution >= 4 is 11.6 Å². The van der Waals surface area contributed by atoms with Gasteiger partial charge in [-0.2, -0.15) is 0 Å². The fourth-order valence-electron chi connectivity index (χ4n) is 2.10. The number of amides is 1. The highest BCUT2D eigenvalue weighted by Gasteiger charge is 2.07. The quantitative estimate of drug-likeness (QED) is 0.817. The minimum absolute atomic E-state index is 0.213. The van der Waals surface area contributed by atoms with Gasteiger partial charge in [-0.25, -0.2) is 0 Å². The highest BCUT2D eigenvalue weighted by molar-refractivity contribution is 5.76. The van der Waals surface area contributed by atoms with Gasteiger partial charge in [0.25, 0.3) is 0 Å². The van der Waals surface area contributed by atoms with Crippen LogP contribution in [0, 0.1) is 13.8 Å². The average molecular weight is 262 g/mol. The molecule has 0 aliphatic rings. The van der Waals surface area contributed by atoms with E-state index in [2.05, 4.69) is 44.3 Å². The largest absolute Gasteiger partial charge is 0.385 e. The summed E-state index contributed by atoms with van der Waals surface area (Å²) in [7, 11) is 1.88. The molecule has 0 radical (unpaired) electrons. The lowest BCUT2D eigenvalue weighted by Crippen LogP contribution is -2.29. The van der Waals surface area contributed by atoms with Crippen molar-refractivity contribution in [2.45, 2.75) is 40.0 Å². The number of carbonyl (C=O) groups is 1. The van der Waals surface area contributed by atoms with E-state index >= 15 is 0 Å². The molecule has 3 heteroatoms. The van der Waals surface area contributed by atoms with Gasteiger partial charge in [0.15, 0.2) is 0 Å². The summed E-state index contributed by atoms with van der Waals surface area (Å²) in [5, 5.41) is 3.32. The number of benzene rings is 1.